The third-order valence-corrected chi connectivity index (χ3v) is 3.94. The number of benzene rings is 1. The van der Waals surface area contributed by atoms with Gasteiger partial charge in [-0.15, -0.1) is 0 Å². The zero-order chi connectivity index (χ0) is 13.8. The van der Waals surface area contributed by atoms with Crippen molar-refractivity contribution in [2.75, 3.05) is 13.1 Å². The van der Waals surface area contributed by atoms with E-state index in [0.717, 1.165) is 18.7 Å². The Morgan fingerprint density at radius 3 is 2.16 bits per heavy atom. The highest BCUT2D eigenvalue weighted by Gasteiger charge is 2.25. The maximum Gasteiger partial charge on any atom is 0.305 e. The summed E-state index contributed by atoms with van der Waals surface area (Å²) < 4.78 is 0. The molecule has 1 aromatic carbocycles. The Bertz CT molecular complexity index is 419. The van der Waals surface area contributed by atoms with E-state index in [4.69, 9.17) is 5.11 Å². The van der Waals surface area contributed by atoms with Crippen LogP contribution in [0.3, 0.4) is 0 Å². The zero-order valence-corrected chi connectivity index (χ0v) is 11.8. The number of hydrogen-bond acceptors (Lipinski definition) is 2. The van der Waals surface area contributed by atoms with E-state index < -0.39 is 5.97 Å². The van der Waals surface area contributed by atoms with E-state index in [0.29, 0.717) is 5.92 Å². The fourth-order valence-electron chi connectivity index (χ4n) is 2.78. The van der Waals surface area contributed by atoms with Crippen LogP contribution in [0, 0.1) is 0 Å². The third-order valence-electron chi connectivity index (χ3n) is 3.94. The van der Waals surface area contributed by atoms with Gasteiger partial charge in [-0.05, 0) is 43.0 Å². The molecule has 104 valence electrons. The molecule has 1 aromatic rings. The summed E-state index contributed by atoms with van der Waals surface area (Å²) in [5.74, 6) is -0.205. The molecule has 1 atom stereocenters. The lowest BCUT2D eigenvalue weighted by molar-refractivity contribution is -0.138. The van der Waals surface area contributed by atoms with Crippen LogP contribution in [0.15, 0.2) is 24.3 Å². The summed E-state index contributed by atoms with van der Waals surface area (Å²) in [5.41, 5.74) is 2.44. The van der Waals surface area contributed by atoms with Crippen molar-refractivity contribution >= 4 is 5.97 Å². The molecule has 2 rings (SSSR count). The van der Waals surface area contributed by atoms with Gasteiger partial charge < -0.3 is 5.11 Å². The highest BCUT2D eigenvalue weighted by atomic mass is 16.4. The van der Waals surface area contributed by atoms with Crippen LogP contribution < -0.4 is 0 Å². The number of likely N-dealkylation sites (tertiary alicyclic amines) is 1. The lowest BCUT2D eigenvalue weighted by atomic mass is 9.97. The molecule has 0 radical (unpaired) electrons. The van der Waals surface area contributed by atoms with Gasteiger partial charge >= 0.3 is 5.97 Å². The molecule has 1 heterocycles. The van der Waals surface area contributed by atoms with Gasteiger partial charge in [-0.3, -0.25) is 9.69 Å². The Morgan fingerprint density at radius 2 is 1.68 bits per heavy atom. The fourth-order valence-corrected chi connectivity index (χ4v) is 2.78. The van der Waals surface area contributed by atoms with E-state index >= 15 is 0 Å². The molecule has 1 saturated heterocycles. The first-order valence-electron chi connectivity index (χ1n) is 7.13. The summed E-state index contributed by atoms with van der Waals surface area (Å²) in [6.07, 6.45) is 2.56. The van der Waals surface area contributed by atoms with Gasteiger partial charge in [0.15, 0.2) is 0 Å². The number of carboxylic acid groups (broad SMARTS) is 1. The van der Waals surface area contributed by atoms with Gasteiger partial charge in [0.1, 0.15) is 0 Å². The predicted octanol–water partition coefficient (Wildman–Crippen LogP) is 3.42. The van der Waals surface area contributed by atoms with Gasteiger partial charge in [0, 0.05) is 6.04 Å². The maximum atomic E-state index is 11.1. The molecule has 1 aliphatic rings. The second-order valence-corrected chi connectivity index (χ2v) is 5.68. The Labute approximate surface area is 115 Å². The van der Waals surface area contributed by atoms with Crippen molar-refractivity contribution in [3.8, 4) is 0 Å². The van der Waals surface area contributed by atoms with Crippen molar-refractivity contribution in [1.82, 2.24) is 4.90 Å². The van der Waals surface area contributed by atoms with Gasteiger partial charge in [-0.25, -0.2) is 0 Å². The van der Waals surface area contributed by atoms with Crippen LogP contribution in [0.4, 0.5) is 0 Å². The van der Waals surface area contributed by atoms with E-state index in [1.54, 1.807) is 0 Å². The SMILES string of the molecule is CC(C)c1ccc(C(CC(=O)O)N2CCCC2)cc1. The van der Waals surface area contributed by atoms with Crippen LogP contribution in [0.5, 0.6) is 0 Å². The lowest BCUT2D eigenvalue weighted by Gasteiger charge is -2.27. The van der Waals surface area contributed by atoms with E-state index in [1.165, 1.54) is 18.4 Å². The van der Waals surface area contributed by atoms with Crippen molar-refractivity contribution in [2.45, 2.75) is 45.1 Å². The Kier molecular flexibility index (Phi) is 4.59. The van der Waals surface area contributed by atoms with Crippen LogP contribution in [-0.2, 0) is 4.79 Å². The summed E-state index contributed by atoms with van der Waals surface area (Å²) in [5, 5.41) is 9.12. The molecular formula is C16H23NO2. The molecule has 0 spiro atoms. The van der Waals surface area contributed by atoms with Crippen LogP contribution in [0.1, 0.15) is 56.2 Å². The van der Waals surface area contributed by atoms with Crippen molar-refractivity contribution in [3.63, 3.8) is 0 Å². The van der Waals surface area contributed by atoms with Crippen LogP contribution in [-0.4, -0.2) is 29.1 Å². The molecular weight excluding hydrogens is 238 g/mol. The number of nitrogens with zero attached hydrogens (tertiary/aromatic N) is 1. The standard InChI is InChI=1S/C16H23NO2/c1-12(2)13-5-7-14(8-6-13)15(11-16(18)19)17-9-3-4-10-17/h5-8,12,15H,3-4,9-11H2,1-2H3,(H,18,19). The minimum atomic E-state index is -0.718. The molecule has 1 aliphatic heterocycles. The Balaban J connectivity index is 2.19. The first-order chi connectivity index (χ1) is 9.08. The quantitative estimate of drug-likeness (QED) is 0.883. The number of carbonyl (C=O) groups is 1. The van der Waals surface area contributed by atoms with E-state index in [2.05, 4.69) is 43.0 Å². The molecule has 19 heavy (non-hydrogen) atoms. The topological polar surface area (TPSA) is 40.5 Å². The molecule has 1 fully saturated rings. The highest BCUT2D eigenvalue weighted by Crippen LogP contribution is 2.29. The molecule has 3 heteroatoms. The zero-order valence-electron chi connectivity index (χ0n) is 11.8. The largest absolute Gasteiger partial charge is 0.481 e. The molecule has 1 unspecified atom stereocenters. The molecule has 3 nitrogen and oxygen atoms in total. The second-order valence-electron chi connectivity index (χ2n) is 5.68. The third kappa shape index (κ3) is 3.57. The minimum Gasteiger partial charge on any atom is -0.481 e. The minimum absolute atomic E-state index is 0.0289. The first-order valence-corrected chi connectivity index (χ1v) is 7.13. The van der Waals surface area contributed by atoms with E-state index in [9.17, 15) is 4.79 Å². The first kappa shape index (κ1) is 14.1. The number of carboxylic acids is 1. The summed E-state index contributed by atoms with van der Waals surface area (Å²) >= 11 is 0. The van der Waals surface area contributed by atoms with Gasteiger partial charge in [0.05, 0.1) is 6.42 Å². The van der Waals surface area contributed by atoms with Crippen molar-refractivity contribution in [3.05, 3.63) is 35.4 Å². The van der Waals surface area contributed by atoms with E-state index in [-0.39, 0.29) is 12.5 Å². The van der Waals surface area contributed by atoms with Crippen molar-refractivity contribution in [1.29, 1.82) is 0 Å². The number of rotatable bonds is 5. The molecule has 0 amide bonds. The van der Waals surface area contributed by atoms with Gasteiger partial charge in [-0.2, -0.15) is 0 Å². The van der Waals surface area contributed by atoms with Crippen LogP contribution >= 0.6 is 0 Å². The van der Waals surface area contributed by atoms with E-state index in [1.807, 2.05) is 0 Å². The number of hydrogen-bond donors (Lipinski definition) is 1. The average molecular weight is 261 g/mol. The van der Waals surface area contributed by atoms with Gasteiger partial charge in [-0.1, -0.05) is 38.1 Å². The monoisotopic (exact) mass is 261 g/mol. The van der Waals surface area contributed by atoms with Crippen molar-refractivity contribution in [2.24, 2.45) is 0 Å². The average Bonchev–Trinajstić information content (AvgIpc) is 2.89. The molecule has 0 saturated carbocycles. The highest BCUT2D eigenvalue weighted by molar-refractivity contribution is 5.68. The smallest absolute Gasteiger partial charge is 0.305 e. The predicted molar refractivity (Wildman–Crippen MR) is 76.3 cm³/mol. The van der Waals surface area contributed by atoms with Crippen LogP contribution in [0.25, 0.3) is 0 Å². The maximum absolute atomic E-state index is 11.1. The molecule has 0 aliphatic carbocycles. The molecule has 0 bridgehead atoms. The Hall–Kier alpha value is -1.35. The molecule has 1 N–H and O–H groups in total. The normalized spacial score (nSPS) is 17.8. The lowest BCUT2D eigenvalue weighted by Crippen LogP contribution is -2.27. The summed E-state index contributed by atoms with van der Waals surface area (Å²) in [6, 6.07) is 8.49. The summed E-state index contributed by atoms with van der Waals surface area (Å²) in [7, 11) is 0. The Morgan fingerprint density at radius 1 is 1.16 bits per heavy atom. The number of aliphatic carboxylic acids is 1. The summed E-state index contributed by atoms with van der Waals surface area (Å²) in [6.45, 7) is 6.38. The summed E-state index contributed by atoms with van der Waals surface area (Å²) in [4.78, 5) is 13.4. The second kappa shape index (κ2) is 6.20. The van der Waals surface area contributed by atoms with Gasteiger partial charge in [0.2, 0.25) is 0 Å². The van der Waals surface area contributed by atoms with Gasteiger partial charge in [0.25, 0.3) is 0 Å². The molecule has 0 aromatic heterocycles. The fraction of sp³-hybridized carbons (Fsp3) is 0.562. The van der Waals surface area contributed by atoms with Crippen LogP contribution in [0.2, 0.25) is 0 Å². The van der Waals surface area contributed by atoms with Crippen molar-refractivity contribution < 1.29 is 9.90 Å².